The second-order valence-electron chi connectivity index (χ2n) is 3.12. The van der Waals surface area contributed by atoms with Crippen LogP contribution >= 0.6 is 0 Å². The fourth-order valence-electron chi connectivity index (χ4n) is 1.29. The number of hydrogen-bond acceptors (Lipinski definition) is 4. The van der Waals surface area contributed by atoms with Gasteiger partial charge in [0, 0.05) is 13.2 Å². The third kappa shape index (κ3) is 3.33. The second kappa shape index (κ2) is 5.59. The van der Waals surface area contributed by atoms with Crippen LogP contribution in [-0.2, 0) is 19.1 Å². The molecule has 1 unspecified atom stereocenters. The molecule has 1 aliphatic heterocycles. The molecule has 0 aromatic carbocycles. The smallest absolute Gasteiger partial charge is 0.307 e. The van der Waals surface area contributed by atoms with Gasteiger partial charge < -0.3 is 14.8 Å². The summed E-state index contributed by atoms with van der Waals surface area (Å²) < 4.78 is 9.61. The van der Waals surface area contributed by atoms with E-state index in [0.717, 1.165) is 12.8 Å². The van der Waals surface area contributed by atoms with Crippen LogP contribution in [0, 0.1) is 0 Å². The molecule has 0 aromatic heterocycles. The van der Waals surface area contributed by atoms with Gasteiger partial charge in [0.15, 0.2) is 0 Å². The van der Waals surface area contributed by atoms with Crippen LogP contribution < -0.4 is 5.32 Å². The Kier molecular flexibility index (Phi) is 4.39. The van der Waals surface area contributed by atoms with Crippen molar-refractivity contribution in [1.82, 2.24) is 5.32 Å². The normalized spacial score (nSPS) is 20.5. The molecular weight excluding hydrogens is 186 g/mol. The molecule has 1 atom stereocenters. The van der Waals surface area contributed by atoms with Gasteiger partial charge in [0.25, 0.3) is 0 Å². The molecular formula is C9H15NO4. The first-order valence-corrected chi connectivity index (χ1v) is 4.70. The number of carbonyl (C=O) groups is 2. The summed E-state index contributed by atoms with van der Waals surface area (Å²) in [5.41, 5.74) is 0. The van der Waals surface area contributed by atoms with Crippen LogP contribution in [0.2, 0.25) is 0 Å². The number of hydrogen-bond donors (Lipinski definition) is 1. The molecule has 0 aromatic rings. The van der Waals surface area contributed by atoms with E-state index in [1.165, 1.54) is 7.11 Å². The lowest BCUT2D eigenvalue weighted by atomic mass is 10.2. The topological polar surface area (TPSA) is 64.6 Å². The Morgan fingerprint density at radius 1 is 1.57 bits per heavy atom. The van der Waals surface area contributed by atoms with Gasteiger partial charge in [-0.2, -0.15) is 0 Å². The van der Waals surface area contributed by atoms with Crippen molar-refractivity contribution in [3.05, 3.63) is 0 Å². The quantitative estimate of drug-likeness (QED) is 0.642. The summed E-state index contributed by atoms with van der Waals surface area (Å²) in [4.78, 5) is 22.0. The summed E-state index contributed by atoms with van der Waals surface area (Å²) in [6, 6.07) is 0. The minimum absolute atomic E-state index is 0.133. The number of carbonyl (C=O) groups excluding carboxylic acids is 2. The number of amides is 1. The van der Waals surface area contributed by atoms with Crippen molar-refractivity contribution in [2.75, 3.05) is 20.3 Å². The van der Waals surface area contributed by atoms with E-state index in [4.69, 9.17) is 4.74 Å². The van der Waals surface area contributed by atoms with Crippen molar-refractivity contribution < 1.29 is 19.1 Å². The summed E-state index contributed by atoms with van der Waals surface area (Å²) in [7, 11) is 1.32. The molecule has 1 amide bonds. The van der Waals surface area contributed by atoms with Crippen LogP contribution in [0.1, 0.15) is 19.3 Å². The number of nitrogens with one attached hydrogen (secondary N) is 1. The lowest BCUT2D eigenvalue weighted by molar-refractivity contribution is -0.140. The van der Waals surface area contributed by atoms with Gasteiger partial charge in [-0.25, -0.2) is 0 Å². The monoisotopic (exact) mass is 201 g/mol. The molecule has 0 saturated carbocycles. The highest BCUT2D eigenvalue weighted by Crippen LogP contribution is 2.11. The molecule has 80 valence electrons. The molecule has 14 heavy (non-hydrogen) atoms. The van der Waals surface area contributed by atoms with E-state index in [1.54, 1.807) is 0 Å². The minimum Gasteiger partial charge on any atom is -0.469 e. The summed E-state index contributed by atoms with van der Waals surface area (Å²) in [6.07, 6.45) is 1.57. The molecule has 5 nitrogen and oxygen atoms in total. The van der Waals surface area contributed by atoms with Crippen LogP contribution in [0.15, 0.2) is 0 Å². The van der Waals surface area contributed by atoms with E-state index in [9.17, 15) is 9.59 Å². The van der Waals surface area contributed by atoms with Gasteiger partial charge in [-0.1, -0.05) is 0 Å². The Hall–Kier alpha value is -1.10. The van der Waals surface area contributed by atoms with E-state index >= 15 is 0 Å². The van der Waals surface area contributed by atoms with Crippen molar-refractivity contribution in [3.63, 3.8) is 0 Å². The molecule has 5 heteroatoms. The maximum absolute atomic E-state index is 11.3. The van der Waals surface area contributed by atoms with Gasteiger partial charge in [-0.15, -0.1) is 0 Å². The molecule has 1 aliphatic rings. The van der Waals surface area contributed by atoms with Crippen LogP contribution in [0.25, 0.3) is 0 Å². The average molecular weight is 201 g/mol. The third-order valence-corrected chi connectivity index (χ3v) is 2.08. The molecule has 1 heterocycles. The maximum Gasteiger partial charge on any atom is 0.307 e. The van der Waals surface area contributed by atoms with E-state index in [1.807, 2.05) is 0 Å². The highest BCUT2D eigenvalue weighted by molar-refractivity contribution is 5.81. The Morgan fingerprint density at radius 2 is 2.36 bits per heavy atom. The molecule has 0 bridgehead atoms. The van der Waals surface area contributed by atoms with Crippen molar-refractivity contribution in [3.8, 4) is 0 Å². The van der Waals surface area contributed by atoms with Gasteiger partial charge in [0.05, 0.1) is 13.5 Å². The van der Waals surface area contributed by atoms with Crippen molar-refractivity contribution in [2.45, 2.75) is 25.4 Å². The molecule has 1 rings (SSSR count). The molecule has 1 N–H and O–H groups in total. The molecule has 0 aliphatic carbocycles. The molecule has 0 radical (unpaired) electrons. The van der Waals surface area contributed by atoms with E-state index < -0.39 is 0 Å². The first-order valence-electron chi connectivity index (χ1n) is 4.70. The van der Waals surface area contributed by atoms with Crippen LogP contribution in [-0.4, -0.2) is 38.2 Å². The van der Waals surface area contributed by atoms with Crippen LogP contribution in [0.3, 0.4) is 0 Å². The highest BCUT2D eigenvalue weighted by Gasteiger charge is 2.22. The number of methoxy groups -OCH3 is 1. The van der Waals surface area contributed by atoms with Crippen LogP contribution in [0.5, 0.6) is 0 Å². The standard InChI is InChI=1S/C9H15NO4/c1-13-8(11)4-5-10-9(12)7-3-2-6-14-7/h7H,2-6H2,1H3,(H,10,12). The van der Waals surface area contributed by atoms with Gasteiger partial charge in [-0.05, 0) is 12.8 Å². The predicted octanol–water partition coefficient (Wildman–Crippen LogP) is -0.155. The first-order chi connectivity index (χ1) is 6.74. The second-order valence-corrected chi connectivity index (χ2v) is 3.12. The Balaban J connectivity index is 2.11. The Bertz CT molecular complexity index is 211. The summed E-state index contributed by atoms with van der Waals surface area (Å²) >= 11 is 0. The summed E-state index contributed by atoms with van der Waals surface area (Å²) in [6.45, 7) is 0.959. The summed E-state index contributed by atoms with van der Waals surface area (Å²) in [5.74, 6) is -0.455. The Labute approximate surface area is 82.8 Å². The SMILES string of the molecule is COC(=O)CCNC(=O)C1CCCO1. The maximum atomic E-state index is 11.3. The zero-order valence-corrected chi connectivity index (χ0v) is 8.25. The van der Waals surface area contributed by atoms with Gasteiger partial charge >= 0.3 is 5.97 Å². The average Bonchev–Trinajstić information content (AvgIpc) is 2.70. The van der Waals surface area contributed by atoms with Gasteiger partial charge in [0.2, 0.25) is 5.91 Å². The number of ether oxygens (including phenoxy) is 2. The Morgan fingerprint density at radius 3 is 2.93 bits per heavy atom. The van der Waals surface area contributed by atoms with Crippen molar-refractivity contribution in [1.29, 1.82) is 0 Å². The van der Waals surface area contributed by atoms with E-state index in [0.29, 0.717) is 13.2 Å². The molecule has 1 fully saturated rings. The summed E-state index contributed by atoms with van der Waals surface area (Å²) in [5, 5.41) is 2.63. The van der Waals surface area contributed by atoms with E-state index in [-0.39, 0.29) is 24.4 Å². The molecule has 0 spiro atoms. The van der Waals surface area contributed by atoms with Gasteiger partial charge in [0.1, 0.15) is 6.10 Å². The predicted molar refractivity (Wildman–Crippen MR) is 48.6 cm³/mol. The van der Waals surface area contributed by atoms with Gasteiger partial charge in [-0.3, -0.25) is 9.59 Å². The minimum atomic E-state index is -0.326. The third-order valence-electron chi connectivity index (χ3n) is 2.08. The number of rotatable bonds is 4. The van der Waals surface area contributed by atoms with Crippen molar-refractivity contribution in [2.24, 2.45) is 0 Å². The zero-order valence-electron chi connectivity index (χ0n) is 8.25. The van der Waals surface area contributed by atoms with E-state index in [2.05, 4.69) is 10.1 Å². The fraction of sp³-hybridized carbons (Fsp3) is 0.778. The van der Waals surface area contributed by atoms with Crippen LogP contribution in [0.4, 0.5) is 0 Å². The van der Waals surface area contributed by atoms with Crippen molar-refractivity contribution >= 4 is 11.9 Å². The first kappa shape index (κ1) is 11.0. The lowest BCUT2D eigenvalue weighted by Gasteiger charge is -2.09. The number of esters is 1. The largest absolute Gasteiger partial charge is 0.469 e. The lowest BCUT2D eigenvalue weighted by Crippen LogP contribution is -2.35. The zero-order chi connectivity index (χ0) is 10.4. The molecule has 1 saturated heterocycles. The fourth-order valence-corrected chi connectivity index (χ4v) is 1.29. The highest BCUT2D eigenvalue weighted by atomic mass is 16.5.